The molecule has 2 aromatic rings. The van der Waals surface area contributed by atoms with E-state index in [1.165, 1.54) is 12.8 Å². The SMILES string of the molecule is CCCCCOc1ccc2cc(C#CCCO)ccc2c1. The third kappa shape index (κ3) is 4.81. The van der Waals surface area contributed by atoms with Crippen molar-refractivity contribution in [1.82, 2.24) is 0 Å². The number of rotatable bonds is 6. The summed E-state index contributed by atoms with van der Waals surface area (Å²) >= 11 is 0. The van der Waals surface area contributed by atoms with Crippen molar-refractivity contribution in [2.75, 3.05) is 13.2 Å². The third-order valence-electron chi connectivity index (χ3n) is 3.30. The molecule has 0 saturated carbocycles. The minimum absolute atomic E-state index is 0.110. The Morgan fingerprint density at radius 2 is 1.86 bits per heavy atom. The number of benzene rings is 2. The molecule has 0 heterocycles. The lowest BCUT2D eigenvalue weighted by molar-refractivity contribution is 0.305. The molecule has 0 amide bonds. The fourth-order valence-corrected chi connectivity index (χ4v) is 2.15. The number of hydrogen-bond acceptors (Lipinski definition) is 2. The summed E-state index contributed by atoms with van der Waals surface area (Å²) < 4.78 is 5.77. The number of unbranched alkanes of at least 4 members (excludes halogenated alkanes) is 2. The molecule has 0 radical (unpaired) electrons. The Labute approximate surface area is 126 Å². The molecular weight excluding hydrogens is 260 g/mol. The van der Waals surface area contributed by atoms with Gasteiger partial charge < -0.3 is 9.84 Å². The van der Waals surface area contributed by atoms with Crippen LogP contribution in [-0.4, -0.2) is 18.3 Å². The second-order valence-electron chi connectivity index (χ2n) is 5.05. The molecule has 2 heteroatoms. The number of ether oxygens (including phenoxy) is 1. The fourth-order valence-electron chi connectivity index (χ4n) is 2.15. The molecule has 110 valence electrons. The van der Waals surface area contributed by atoms with Crippen LogP contribution in [0, 0.1) is 11.8 Å². The zero-order valence-electron chi connectivity index (χ0n) is 12.6. The number of fused-ring (bicyclic) bond motifs is 1. The summed E-state index contributed by atoms with van der Waals surface area (Å²) in [6.45, 7) is 3.08. The van der Waals surface area contributed by atoms with Crippen LogP contribution in [0.5, 0.6) is 5.75 Å². The maximum atomic E-state index is 8.73. The standard InChI is InChI=1S/C19H22O2/c1-2-3-6-13-21-19-11-10-17-14-16(7-4-5-12-20)8-9-18(17)15-19/h8-11,14-15,20H,2-3,5-6,12-13H2,1H3. The zero-order chi connectivity index (χ0) is 14.9. The molecule has 0 spiro atoms. The molecular formula is C19H22O2. The van der Waals surface area contributed by atoms with Crippen LogP contribution < -0.4 is 4.74 Å². The topological polar surface area (TPSA) is 29.5 Å². The van der Waals surface area contributed by atoms with Crippen molar-refractivity contribution in [2.24, 2.45) is 0 Å². The Hall–Kier alpha value is -1.98. The summed E-state index contributed by atoms with van der Waals surface area (Å²) in [6.07, 6.45) is 4.04. The van der Waals surface area contributed by atoms with Gasteiger partial charge in [0.25, 0.3) is 0 Å². The maximum Gasteiger partial charge on any atom is 0.119 e. The van der Waals surface area contributed by atoms with Gasteiger partial charge in [-0.25, -0.2) is 0 Å². The van der Waals surface area contributed by atoms with Crippen molar-refractivity contribution in [3.05, 3.63) is 42.0 Å². The highest BCUT2D eigenvalue weighted by Crippen LogP contribution is 2.22. The van der Waals surface area contributed by atoms with Crippen LogP contribution in [0.25, 0.3) is 10.8 Å². The Bertz CT molecular complexity index is 635. The average Bonchev–Trinajstić information content (AvgIpc) is 2.52. The van der Waals surface area contributed by atoms with Gasteiger partial charge in [0.2, 0.25) is 0 Å². The van der Waals surface area contributed by atoms with Gasteiger partial charge in [-0.1, -0.05) is 43.7 Å². The van der Waals surface area contributed by atoms with E-state index in [1.807, 2.05) is 12.1 Å². The lowest BCUT2D eigenvalue weighted by atomic mass is 10.1. The molecule has 0 bridgehead atoms. The van der Waals surface area contributed by atoms with Crippen LogP contribution in [-0.2, 0) is 0 Å². The molecule has 0 aliphatic rings. The van der Waals surface area contributed by atoms with Gasteiger partial charge in [-0.05, 0) is 41.5 Å². The van der Waals surface area contributed by atoms with Gasteiger partial charge in [0.15, 0.2) is 0 Å². The monoisotopic (exact) mass is 282 g/mol. The van der Waals surface area contributed by atoms with Gasteiger partial charge >= 0.3 is 0 Å². The van der Waals surface area contributed by atoms with Gasteiger partial charge in [-0.3, -0.25) is 0 Å². The fraction of sp³-hybridized carbons (Fsp3) is 0.368. The molecule has 0 aliphatic heterocycles. The third-order valence-corrected chi connectivity index (χ3v) is 3.30. The average molecular weight is 282 g/mol. The highest BCUT2D eigenvalue weighted by atomic mass is 16.5. The number of aliphatic hydroxyl groups is 1. The van der Waals surface area contributed by atoms with Crippen molar-refractivity contribution in [2.45, 2.75) is 32.6 Å². The predicted molar refractivity (Wildman–Crippen MR) is 87.5 cm³/mol. The van der Waals surface area contributed by atoms with E-state index in [1.54, 1.807) is 0 Å². The quantitative estimate of drug-likeness (QED) is 0.637. The molecule has 2 nitrogen and oxygen atoms in total. The van der Waals surface area contributed by atoms with E-state index in [0.717, 1.165) is 35.1 Å². The Kier molecular flexibility index (Phi) is 6.12. The molecule has 0 aromatic heterocycles. The molecule has 1 N–H and O–H groups in total. The van der Waals surface area contributed by atoms with Crippen LogP contribution in [0.3, 0.4) is 0 Å². The first-order valence-corrected chi connectivity index (χ1v) is 7.60. The van der Waals surface area contributed by atoms with E-state index < -0.39 is 0 Å². The summed E-state index contributed by atoms with van der Waals surface area (Å²) in [6, 6.07) is 12.3. The molecule has 21 heavy (non-hydrogen) atoms. The van der Waals surface area contributed by atoms with Gasteiger partial charge in [-0.2, -0.15) is 0 Å². The minimum Gasteiger partial charge on any atom is -0.494 e. The van der Waals surface area contributed by atoms with Crippen molar-refractivity contribution >= 4 is 10.8 Å². The normalized spacial score (nSPS) is 10.2. The van der Waals surface area contributed by atoms with Gasteiger partial charge in [0.05, 0.1) is 13.2 Å². The van der Waals surface area contributed by atoms with E-state index >= 15 is 0 Å². The van der Waals surface area contributed by atoms with Crippen LogP contribution in [0.2, 0.25) is 0 Å². The maximum absolute atomic E-state index is 8.73. The smallest absolute Gasteiger partial charge is 0.119 e. The van der Waals surface area contributed by atoms with E-state index in [2.05, 4.69) is 43.0 Å². The molecule has 0 fully saturated rings. The summed E-state index contributed by atoms with van der Waals surface area (Å²) in [4.78, 5) is 0. The van der Waals surface area contributed by atoms with Crippen LogP contribution >= 0.6 is 0 Å². The molecule has 2 aromatic carbocycles. The van der Waals surface area contributed by atoms with Crippen LogP contribution in [0.1, 0.15) is 38.2 Å². The molecule has 0 aliphatic carbocycles. The van der Waals surface area contributed by atoms with Gasteiger partial charge in [0.1, 0.15) is 5.75 Å². The van der Waals surface area contributed by atoms with Crippen molar-refractivity contribution in [3.8, 4) is 17.6 Å². The summed E-state index contributed by atoms with van der Waals surface area (Å²) in [7, 11) is 0. The summed E-state index contributed by atoms with van der Waals surface area (Å²) in [5.74, 6) is 6.93. The van der Waals surface area contributed by atoms with Crippen molar-refractivity contribution in [1.29, 1.82) is 0 Å². The van der Waals surface area contributed by atoms with E-state index in [-0.39, 0.29) is 6.61 Å². The summed E-state index contributed by atoms with van der Waals surface area (Å²) in [5, 5.41) is 11.1. The lowest BCUT2D eigenvalue weighted by Gasteiger charge is -2.07. The second kappa shape index (κ2) is 8.34. The number of aliphatic hydroxyl groups excluding tert-OH is 1. The highest BCUT2D eigenvalue weighted by Gasteiger charge is 1.99. The molecule has 2 rings (SSSR count). The van der Waals surface area contributed by atoms with Gasteiger partial charge in [0, 0.05) is 12.0 Å². The largest absolute Gasteiger partial charge is 0.494 e. The van der Waals surface area contributed by atoms with Crippen LogP contribution in [0.15, 0.2) is 36.4 Å². The Morgan fingerprint density at radius 3 is 2.67 bits per heavy atom. The Balaban J connectivity index is 2.07. The first-order valence-electron chi connectivity index (χ1n) is 7.60. The molecule has 0 atom stereocenters. The number of hydrogen-bond donors (Lipinski definition) is 1. The summed E-state index contributed by atoms with van der Waals surface area (Å²) in [5.41, 5.74) is 0.979. The first-order chi connectivity index (χ1) is 10.3. The van der Waals surface area contributed by atoms with Crippen molar-refractivity contribution in [3.63, 3.8) is 0 Å². The van der Waals surface area contributed by atoms with E-state index in [0.29, 0.717) is 6.42 Å². The zero-order valence-corrected chi connectivity index (χ0v) is 12.6. The van der Waals surface area contributed by atoms with Crippen molar-refractivity contribution < 1.29 is 9.84 Å². The first kappa shape index (κ1) is 15.4. The highest BCUT2D eigenvalue weighted by molar-refractivity contribution is 5.85. The van der Waals surface area contributed by atoms with E-state index in [4.69, 9.17) is 9.84 Å². The Morgan fingerprint density at radius 1 is 1.05 bits per heavy atom. The molecule has 0 unspecified atom stereocenters. The molecule has 0 saturated heterocycles. The predicted octanol–water partition coefficient (Wildman–Crippen LogP) is 4.14. The lowest BCUT2D eigenvalue weighted by Crippen LogP contribution is -1.96. The second-order valence-corrected chi connectivity index (χ2v) is 5.05. The van der Waals surface area contributed by atoms with E-state index in [9.17, 15) is 0 Å². The van der Waals surface area contributed by atoms with Crippen LogP contribution in [0.4, 0.5) is 0 Å². The van der Waals surface area contributed by atoms with Gasteiger partial charge in [-0.15, -0.1) is 0 Å². The minimum atomic E-state index is 0.110.